The molecule has 0 unspecified atom stereocenters. The van der Waals surface area contributed by atoms with Crippen LogP contribution in [0.3, 0.4) is 0 Å². The Labute approximate surface area is 204 Å². The van der Waals surface area contributed by atoms with Gasteiger partial charge in [-0.15, -0.1) is 0 Å². The van der Waals surface area contributed by atoms with Gasteiger partial charge in [0.15, 0.2) is 0 Å². The van der Waals surface area contributed by atoms with E-state index in [1.807, 2.05) is 65.6 Å². The number of halogens is 1. The lowest BCUT2D eigenvalue weighted by Gasteiger charge is -2.25. The monoisotopic (exact) mass is 470 g/mol. The highest BCUT2D eigenvalue weighted by atomic mass is 19.1. The van der Waals surface area contributed by atoms with Gasteiger partial charge in [0.25, 0.3) is 5.91 Å². The molecule has 5 nitrogen and oxygen atoms in total. The lowest BCUT2D eigenvalue weighted by atomic mass is 10.1. The van der Waals surface area contributed by atoms with Crippen LogP contribution in [0.15, 0.2) is 84.9 Å². The topological polar surface area (TPSA) is 51.7 Å². The maximum atomic E-state index is 13.5. The van der Waals surface area contributed by atoms with Crippen molar-refractivity contribution in [3.8, 4) is 5.75 Å². The number of amides is 1. The molecular weight excluding hydrogens is 443 g/mol. The summed E-state index contributed by atoms with van der Waals surface area (Å²) >= 11 is 0. The number of carbonyl (C=O) groups is 1. The van der Waals surface area contributed by atoms with Crippen LogP contribution in [-0.4, -0.2) is 35.0 Å². The molecule has 0 radical (unpaired) electrons. The van der Waals surface area contributed by atoms with Crippen molar-refractivity contribution >= 4 is 16.8 Å². The second-order valence-electron chi connectivity index (χ2n) is 8.77. The van der Waals surface area contributed by atoms with Crippen molar-refractivity contribution in [2.75, 3.05) is 13.2 Å². The Balaban J connectivity index is 1.29. The number of para-hydroxylation sites is 1. The fourth-order valence-electron chi connectivity index (χ4n) is 4.31. The average Bonchev–Trinajstić information content (AvgIpc) is 3.40. The Morgan fingerprint density at radius 2 is 1.86 bits per heavy atom. The van der Waals surface area contributed by atoms with Gasteiger partial charge in [0, 0.05) is 25.1 Å². The van der Waals surface area contributed by atoms with Gasteiger partial charge in [-0.1, -0.05) is 48.5 Å². The third-order valence-electron chi connectivity index (χ3n) is 6.14. The molecular formula is C29H27FN2O3. The molecule has 178 valence electrons. The minimum atomic E-state index is -0.279. The summed E-state index contributed by atoms with van der Waals surface area (Å²) in [7, 11) is 0. The number of pyridine rings is 1. The Bertz CT molecular complexity index is 1300. The van der Waals surface area contributed by atoms with E-state index in [1.54, 1.807) is 12.1 Å². The molecule has 5 rings (SSSR count). The molecule has 6 heteroatoms. The maximum Gasteiger partial charge on any atom is 0.272 e. The average molecular weight is 471 g/mol. The normalized spacial score (nSPS) is 15.3. The van der Waals surface area contributed by atoms with Gasteiger partial charge in [0.05, 0.1) is 11.6 Å². The second-order valence-corrected chi connectivity index (χ2v) is 8.77. The van der Waals surface area contributed by atoms with Crippen LogP contribution in [0, 0.1) is 5.82 Å². The van der Waals surface area contributed by atoms with Crippen LogP contribution >= 0.6 is 0 Å². The molecule has 1 fully saturated rings. The van der Waals surface area contributed by atoms with Crippen LogP contribution in [0.1, 0.15) is 34.5 Å². The maximum absolute atomic E-state index is 13.5. The number of fused-ring (bicyclic) bond motifs is 1. The summed E-state index contributed by atoms with van der Waals surface area (Å²) in [5, 5.41) is 1.00. The first-order chi connectivity index (χ1) is 17.1. The standard InChI is InChI=1S/C29H27FN2O3/c30-24-7-3-5-22(17-24)20-35-25-13-10-21(11-14-25)18-32(19-26-8-4-16-34-26)29(33)28-15-12-23-6-1-2-9-27(23)31-28/h1-3,5-7,9-15,17,26H,4,8,16,18-20H2/t26-/m1/s1. The van der Waals surface area contributed by atoms with Crippen molar-refractivity contribution in [3.05, 3.63) is 108 Å². The van der Waals surface area contributed by atoms with Gasteiger partial charge in [-0.3, -0.25) is 4.79 Å². The van der Waals surface area contributed by atoms with Crippen molar-refractivity contribution in [1.82, 2.24) is 9.88 Å². The largest absolute Gasteiger partial charge is 0.489 e. The third-order valence-corrected chi connectivity index (χ3v) is 6.14. The van der Waals surface area contributed by atoms with Crippen LogP contribution in [0.25, 0.3) is 10.9 Å². The molecule has 1 atom stereocenters. The highest BCUT2D eigenvalue weighted by Crippen LogP contribution is 2.20. The predicted molar refractivity (Wildman–Crippen MR) is 133 cm³/mol. The van der Waals surface area contributed by atoms with E-state index >= 15 is 0 Å². The summed E-state index contributed by atoms with van der Waals surface area (Å²) < 4.78 is 25.0. The van der Waals surface area contributed by atoms with E-state index in [0.29, 0.717) is 24.5 Å². The SMILES string of the molecule is O=C(c1ccc2ccccc2n1)N(Cc1ccc(OCc2cccc(F)c2)cc1)C[C@H]1CCCO1. The molecule has 1 saturated heterocycles. The van der Waals surface area contributed by atoms with Gasteiger partial charge >= 0.3 is 0 Å². The van der Waals surface area contributed by atoms with E-state index in [2.05, 4.69) is 4.98 Å². The molecule has 0 bridgehead atoms. The number of hydrogen-bond acceptors (Lipinski definition) is 4. The number of hydrogen-bond donors (Lipinski definition) is 0. The van der Waals surface area contributed by atoms with Gasteiger partial charge in [-0.05, 0) is 60.4 Å². The summed E-state index contributed by atoms with van der Waals surface area (Å²) in [6.07, 6.45) is 1.99. The van der Waals surface area contributed by atoms with Gasteiger partial charge in [0.2, 0.25) is 0 Å². The number of nitrogens with zero attached hydrogens (tertiary/aromatic N) is 2. The molecule has 0 N–H and O–H groups in total. The van der Waals surface area contributed by atoms with Gasteiger partial charge in [-0.2, -0.15) is 0 Å². The molecule has 1 aliphatic heterocycles. The molecule has 1 aromatic heterocycles. The summed E-state index contributed by atoms with van der Waals surface area (Å²) in [5.41, 5.74) is 2.98. The molecule has 0 saturated carbocycles. The quantitative estimate of drug-likeness (QED) is 0.328. The molecule has 0 aliphatic carbocycles. The van der Waals surface area contributed by atoms with Crippen molar-refractivity contribution in [2.24, 2.45) is 0 Å². The highest BCUT2D eigenvalue weighted by Gasteiger charge is 2.24. The van der Waals surface area contributed by atoms with E-state index in [-0.39, 0.29) is 24.4 Å². The lowest BCUT2D eigenvalue weighted by molar-refractivity contribution is 0.0503. The first-order valence-corrected chi connectivity index (χ1v) is 11.9. The Morgan fingerprint density at radius 1 is 1.00 bits per heavy atom. The van der Waals surface area contributed by atoms with E-state index < -0.39 is 0 Å². The Morgan fingerprint density at radius 3 is 2.66 bits per heavy atom. The molecule has 35 heavy (non-hydrogen) atoms. The Kier molecular flexibility index (Phi) is 7.00. The summed E-state index contributed by atoms with van der Waals surface area (Å²) in [5.74, 6) is 0.294. The van der Waals surface area contributed by atoms with E-state index in [4.69, 9.17) is 9.47 Å². The molecule has 4 aromatic rings. The van der Waals surface area contributed by atoms with Crippen molar-refractivity contribution in [1.29, 1.82) is 0 Å². The predicted octanol–water partition coefficient (Wildman–Crippen LogP) is 5.77. The van der Waals surface area contributed by atoms with E-state index in [9.17, 15) is 9.18 Å². The van der Waals surface area contributed by atoms with Crippen LogP contribution < -0.4 is 4.74 Å². The van der Waals surface area contributed by atoms with Crippen LogP contribution in [-0.2, 0) is 17.9 Å². The number of carbonyl (C=O) groups excluding carboxylic acids is 1. The number of aromatic nitrogens is 1. The number of benzene rings is 3. The second kappa shape index (κ2) is 10.7. The zero-order chi connectivity index (χ0) is 24.0. The highest BCUT2D eigenvalue weighted by molar-refractivity contribution is 5.95. The van der Waals surface area contributed by atoms with Crippen molar-refractivity contribution in [2.45, 2.75) is 32.1 Å². The first kappa shape index (κ1) is 23.0. The minimum Gasteiger partial charge on any atom is -0.489 e. The molecule has 1 amide bonds. The molecule has 3 aromatic carbocycles. The van der Waals surface area contributed by atoms with Crippen molar-refractivity contribution < 1.29 is 18.7 Å². The van der Waals surface area contributed by atoms with Crippen molar-refractivity contribution in [3.63, 3.8) is 0 Å². The Hall–Kier alpha value is -3.77. The zero-order valence-corrected chi connectivity index (χ0v) is 19.4. The number of rotatable bonds is 8. The lowest BCUT2D eigenvalue weighted by Crippen LogP contribution is -2.37. The molecule has 1 aliphatic rings. The van der Waals surface area contributed by atoms with E-state index in [1.165, 1.54) is 12.1 Å². The van der Waals surface area contributed by atoms with Crippen LogP contribution in [0.2, 0.25) is 0 Å². The summed E-state index contributed by atoms with van der Waals surface area (Å²) in [6, 6.07) is 25.5. The summed E-state index contributed by atoms with van der Waals surface area (Å²) in [6.45, 7) is 1.98. The fraction of sp³-hybridized carbons (Fsp3) is 0.241. The summed E-state index contributed by atoms with van der Waals surface area (Å²) in [4.78, 5) is 19.9. The van der Waals surface area contributed by atoms with Crippen LogP contribution in [0.5, 0.6) is 5.75 Å². The smallest absolute Gasteiger partial charge is 0.272 e. The van der Waals surface area contributed by atoms with E-state index in [0.717, 1.165) is 41.5 Å². The molecule has 2 heterocycles. The fourth-order valence-corrected chi connectivity index (χ4v) is 4.31. The van der Waals surface area contributed by atoms with Gasteiger partial charge < -0.3 is 14.4 Å². The van der Waals surface area contributed by atoms with Crippen LogP contribution in [0.4, 0.5) is 4.39 Å². The molecule has 0 spiro atoms. The third kappa shape index (κ3) is 5.84. The number of ether oxygens (including phenoxy) is 2. The zero-order valence-electron chi connectivity index (χ0n) is 19.4. The first-order valence-electron chi connectivity index (χ1n) is 11.9. The minimum absolute atomic E-state index is 0.0354. The van der Waals surface area contributed by atoms with Gasteiger partial charge in [-0.25, -0.2) is 9.37 Å². The van der Waals surface area contributed by atoms with Gasteiger partial charge in [0.1, 0.15) is 23.9 Å².